The van der Waals surface area contributed by atoms with Crippen LogP contribution in [0.3, 0.4) is 0 Å². The maximum atomic E-state index is 13.4. The topological polar surface area (TPSA) is 97.5 Å². The molecule has 1 fully saturated rings. The van der Waals surface area contributed by atoms with Crippen molar-refractivity contribution in [3.8, 4) is 5.69 Å². The predicted molar refractivity (Wildman–Crippen MR) is 134 cm³/mol. The molecule has 4 rings (SSSR count). The number of nitro groups is 1. The third-order valence-corrected chi connectivity index (χ3v) is 6.07. The van der Waals surface area contributed by atoms with E-state index in [4.69, 9.17) is 12.2 Å². The summed E-state index contributed by atoms with van der Waals surface area (Å²) in [5.74, 6) is -1.06. The minimum Gasteiger partial charge on any atom is -0.318 e. The van der Waals surface area contributed by atoms with E-state index in [9.17, 15) is 19.7 Å². The van der Waals surface area contributed by atoms with Crippen LogP contribution in [0.1, 0.15) is 28.1 Å². The normalized spacial score (nSPS) is 15.1. The Bertz CT molecular complexity index is 1400. The van der Waals surface area contributed by atoms with Gasteiger partial charge in [-0.05, 0) is 81.4 Å². The van der Waals surface area contributed by atoms with E-state index in [-0.39, 0.29) is 16.4 Å². The fraction of sp³-hybridized carbons (Fsp3) is 0.160. The molecule has 1 N–H and O–H groups in total. The van der Waals surface area contributed by atoms with Crippen molar-refractivity contribution in [2.24, 2.45) is 0 Å². The second kappa shape index (κ2) is 8.68. The first kappa shape index (κ1) is 23.1. The van der Waals surface area contributed by atoms with E-state index in [1.54, 1.807) is 18.2 Å². The lowest BCUT2D eigenvalue weighted by molar-refractivity contribution is -0.384. The van der Waals surface area contributed by atoms with Crippen molar-refractivity contribution in [2.75, 3.05) is 4.90 Å². The third kappa shape index (κ3) is 4.01. The standard InChI is InChI=1S/C25H22N4O4S/c1-14-5-10-22(15(2)11-14)28-24(31)21(23(30)26-25(28)34)13-18-12-16(3)27(17(18)4)19-6-8-20(9-7-19)29(32)33/h5-13H,1-4H3,(H,26,30,34)/b21-13-. The van der Waals surface area contributed by atoms with E-state index >= 15 is 0 Å². The summed E-state index contributed by atoms with van der Waals surface area (Å²) in [5, 5.41) is 13.6. The number of carbonyl (C=O) groups is 2. The van der Waals surface area contributed by atoms with Crippen LogP contribution in [0.2, 0.25) is 0 Å². The molecule has 0 spiro atoms. The van der Waals surface area contributed by atoms with E-state index in [0.29, 0.717) is 11.3 Å². The van der Waals surface area contributed by atoms with Crippen LogP contribution in [0.25, 0.3) is 11.8 Å². The molecule has 0 bridgehead atoms. The van der Waals surface area contributed by atoms with Gasteiger partial charge >= 0.3 is 0 Å². The van der Waals surface area contributed by atoms with Crippen molar-refractivity contribution in [3.05, 3.63) is 92.3 Å². The maximum absolute atomic E-state index is 13.4. The highest BCUT2D eigenvalue weighted by molar-refractivity contribution is 7.80. The molecule has 34 heavy (non-hydrogen) atoms. The van der Waals surface area contributed by atoms with Crippen LogP contribution < -0.4 is 10.2 Å². The van der Waals surface area contributed by atoms with E-state index in [0.717, 1.165) is 28.2 Å². The van der Waals surface area contributed by atoms with E-state index in [1.807, 2.05) is 56.5 Å². The zero-order valence-corrected chi connectivity index (χ0v) is 19.9. The summed E-state index contributed by atoms with van der Waals surface area (Å²) in [5.41, 5.74) is 5.55. The Kier molecular flexibility index (Phi) is 5.89. The van der Waals surface area contributed by atoms with Gasteiger partial charge in [0.1, 0.15) is 5.57 Å². The fourth-order valence-electron chi connectivity index (χ4n) is 4.14. The number of carbonyl (C=O) groups excluding carboxylic acids is 2. The molecule has 8 nitrogen and oxygen atoms in total. The van der Waals surface area contributed by atoms with Crippen LogP contribution in [0, 0.1) is 37.8 Å². The average molecular weight is 475 g/mol. The molecule has 0 radical (unpaired) electrons. The molecule has 2 heterocycles. The first-order chi connectivity index (χ1) is 16.1. The number of rotatable bonds is 4. The van der Waals surface area contributed by atoms with Crippen molar-refractivity contribution >= 4 is 46.6 Å². The molecule has 2 aromatic carbocycles. The molecular formula is C25H22N4O4S. The molecule has 9 heteroatoms. The molecule has 0 atom stereocenters. The number of hydrogen-bond acceptors (Lipinski definition) is 5. The molecule has 1 saturated heterocycles. The Balaban J connectivity index is 1.75. The monoisotopic (exact) mass is 474 g/mol. The SMILES string of the molecule is Cc1ccc(N2C(=O)/C(=C\c3cc(C)n(-c4ccc([N+](=O)[O-])cc4)c3C)C(=O)NC2=S)c(C)c1. The van der Waals surface area contributed by atoms with Gasteiger partial charge in [0.2, 0.25) is 0 Å². The summed E-state index contributed by atoms with van der Waals surface area (Å²) in [6, 6.07) is 13.7. The number of aromatic nitrogens is 1. The first-order valence-electron chi connectivity index (χ1n) is 10.5. The van der Waals surface area contributed by atoms with Gasteiger partial charge in [-0.25, -0.2) is 0 Å². The van der Waals surface area contributed by atoms with Crippen LogP contribution in [0.15, 0.2) is 54.1 Å². The van der Waals surface area contributed by atoms with E-state index in [2.05, 4.69) is 5.32 Å². The highest BCUT2D eigenvalue weighted by Crippen LogP contribution is 2.28. The Morgan fingerprint density at radius 1 is 1.00 bits per heavy atom. The van der Waals surface area contributed by atoms with Gasteiger partial charge in [0.25, 0.3) is 17.5 Å². The zero-order valence-electron chi connectivity index (χ0n) is 19.1. The van der Waals surface area contributed by atoms with Crippen molar-refractivity contribution in [3.63, 3.8) is 0 Å². The highest BCUT2D eigenvalue weighted by Gasteiger charge is 2.35. The lowest BCUT2D eigenvalue weighted by Crippen LogP contribution is -2.54. The quantitative estimate of drug-likeness (QED) is 0.198. The Labute approximate surface area is 201 Å². The predicted octanol–water partition coefficient (Wildman–Crippen LogP) is 4.45. The van der Waals surface area contributed by atoms with Crippen LogP contribution in [-0.4, -0.2) is 26.4 Å². The number of nitrogens with one attached hydrogen (secondary N) is 1. The van der Waals surface area contributed by atoms with E-state index < -0.39 is 16.7 Å². The summed E-state index contributed by atoms with van der Waals surface area (Å²) < 4.78 is 1.91. The number of nitro benzene ring substituents is 1. The lowest BCUT2D eigenvalue weighted by Gasteiger charge is -2.30. The summed E-state index contributed by atoms with van der Waals surface area (Å²) in [4.78, 5) is 38.0. The molecule has 172 valence electrons. The number of nitrogens with zero attached hydrogens (tertiary/aromatic N) is 3. The number of amides is 2. The molecule has 1 aromatic heterocycles. The Hall–Kier alpha value is -4.11. The number of non-ortho nitro benzene ring substituents is 1. The molecule has 2 amide bonds. The highest BCUT2D eigenvalue weighted by atomic mass is 32.1. The molecule has 0 aliphatic carbocycles. The minimum absolute atomic E-state index is 0.000451. The van der Waals surface area contributed by atoms with Gasteiger partial charge in [0, 0.05) is 29.2 Å². The van der Waals surface area contributed by atoms with Gasteiger partial charge in [-0.2, -0.15) is 0 Å². The number of anilines is 1. The smallest absolute Gasteiger partial charge is 0.270 e. The zero-order chi connectivity index (χ0) is 24.7. The Morgan fingerprint density at radius 3 is 2.29 bits per heavy atom. The van der Waals surface area contributed by atoms with E-state index in [1.165, 1.54) is 17.0 Å². The van der Waals surface area contributed by atoms with Crippen molar-refractivity contribution in [2.45, 2.75) is 27.7 Å². The molecular weight excluding hydrogens is 452 g/mol. The number of hydrogen-bond donors (Lipinski definition) is 1. The van der Waals surface area contributed by atoms with Gasteiger partial charge < -0.3 is 4.57 Å². The van der Waals surface area contributed by atoms with Crippen molar-refractivity contribution in [1.82, 2.24) is 9.88 Å². The van der Waals surface area contributed by atoms with Crippen LogP contribution in [-0.2, 0) is 9.59 Å². The van der Waals surface area contributed by atoms with Crippen molar-refractivity contribution < 1.29 is 14.5 Å². The van der Waals surface area contributed by atoms with Crippen LogP contribution in [0.5, 0.6) is 0 Å². The second-order valence-corrected chi connectivity index (χ2v) is 8.57. The largest absolute Gasteiger partial charge is 0.318 e. The summed E-state index contributed by atoms with van der Waals surface area (Å²) in [7, 11) is 0. The second-order valence-electron chi connectivity index (χ2n) is 8.18. The number of thiocarbonyl (C=S) groups is 1. The molecule has 1 aliphatic rings. The van der Waals surface area contributed by atoms with Gasteiger partial charge in [-0.15, -0.1) is 0 Å². The van der Waals surface area contributed by atoms with Crippen LogP contribution in [0.4, 0.5) is 11.4 Å². The van der Waals surface area contributed by atoms with Gasteiger partial charge in [-0.1, -0.05) is 17.7 Å². The minimum atomic E-state index is -0.559. The molecule has 3 aromatic rings. The lowest BCUT2D eigenvalue weighted by atomic mass is 10.0. The average Bonchev–Trinajstić information content (AvgIpc) is 3.05. The molecule has 0 saturated carbocycles. The third-order valence-electron chi connectivity index (χ3n) is 5.78. The summed E-state index contributed by atoms with van der Waals surface area (Å²) in [6.07, 6.45) is 1.56. The molecule has 0 unspecified atom stereocenters. The van der Waals surface area contributed by atoms with Gasteiger partial charge in [0.05, 0.1) is 10.6 Å². The van der Waals surface area contributed by atoms with Crippen molar-refractivity contribution in [1.29, 1.82) is 0 Å². The fourth-order valence-corrected chi connectivity index (χ4v) is 4.42. The maximum Gasteiger partial charge on any atom is 0.270 e. The van der Waals surface area contributed by atoms with Gasteiger partial charge in [0.15, 0.2) is 5.11 Å². The summed E-state index contributed by atoms with van der Waals surface area (Å²) >= 11 is 5.31. The van der Waals surface area contributed by atoms with Gasteiger partial charge in [-0.3, -0.25) is 29.9 Å². The summed E-state index contributed by atoms with van der Waals surface area (Å²) in [6.45, 7) is 7.59. The number of benzene rings is 2. The Morgan fingerprint density at radius 2 is 1.68 bits per heavy atom. The molecule has 1 aliphatic heterocycles. The van der Waals surface area contributed by atoms with Crippen LogP contribution >= 0.6 is 12.2 Å². The first-order valence-corrected chi connectivity index (χ1v) is 10.9. The number of aryl methyl sites for hydroxylation is 3.